The second-order valence-electron chi connectivity index (χ2n) is 6.32. The molecule has 19 heavy (non-hydrogen) atoms. The maximum absolute atomic E-state index is 6.16. The van der Waals surface area contributed by atoms with Crippen LogP contribution in [-0.4, -0.2) is 18.8 Å². The summed E-state index contributed by atoms with van der Waals surface area (Å²) in [5.41, 5.74) is 4.55. The highest BCUT2D eigenvalue weighted by Crippen LogP contribution is 2.37. The Labute approximate surface area is 116 Å². The van der Waals surface area contributed by atoms with E-state index in [1.54, 1.807) is 0 Å². The Balaban J connectivity index is 1.89. The minimum absolute atomic E-state index is 0.378. The van der Waals surface area contributed by atoms with Crippen LogP contribution in [0, 0.1) is 5.92 Å². The Morgan fingerprint density at radius 3 is 2.89 bits per heavy atom. The number of rotatable bonds is 2. The molecule has 104 valence electrons. The number of nitrogens with one attached hydrogen (secondary N) is 1. The molecule has 2 heterocycles. The van der Waals surface area contributed by atoms with E-state index in [1.807, 2.05) is 0 Å². The molecule has 1 N–H and O–H groups in total. The van der Waals surface area contributed by atoms with Crippen LogP contribution in [0.15, 0.2) is 18.2 Å². The molecule has 2 aliphatic heterocycles. The first kappa shape index (κ1) is 13.1. The minimum atomic E-state index is 0.378. The first-order valence-corrected chi connectivity index (χ1v) is 7.63. The highest BCUT2D eigenvalue weighted by Gasteiger charge is 2.35. The van der Waals surface area contributed by atoms with E-state index >= 15 is 0 Å². The second-order valence-corrected chi connectivity index (χ2v) is 6.32. The summed E-state index contributed by atoms with van der Waals surface area (Å²) in [7, 11) is 0. The molecule has 0 aliphatic carbocycles. The summed E-state index contributed by atoms with van der Waals surface area (Å²) in [5.74, 6) is 1.16. The maximum atomic E-state index is 6.16. The van der Waals surface area contributed by atoms with E-state index in [0.717, 1.165) is 19.5 Å². The van der Waals surface area contributed by atoms with Gasteiger partial charge < -0.3 is 10.1 Å². The molecule has 0 radical (unpaired) electrons. The molecular formula is C17H25NO. The largest absolute Gasteiger partial charge is 0.374 e. The third kappa shape index (κ3) is 2.44. The van der Waals surface area contributed by atoms with Gasteiger partial charge in [-0.25, -0.2) is 0 Å². The first-order chi connectivity index (χ1) is 9.16. The number of hydrogen-bond acceptors (Lipinski definition) is 2. The monoisotopic (exact) mass is 259 g/mol. The molecule has 3 rings (SSSR count). The van der Waals surface area contributed by atoms with E-state index in [1.165, 1.54) is 23.1 Å². The fourth-order valence-electron chi connectivity index (χ4n) is 3.87. The Hall–Kier alpha value is -0.860. The van der Waals surface area contributed by atoms with Crippen molar-refractivity contribution in [3.05, 3.63) is 34.9 Å². The van der Waals surface area contributed by atoms with Gasteiger partial charge in [0.15, 0.2) is 0 Å². The Bertz CT molecular complexity index is 457. The lowest BCUT2D eigenvalue weighted by atomic mass is 9.83. The van der Waals surface area contributed by atoms with Gasteiger partial charge in [0.05, 0.1) is 12.2 Å². The molecule has 0 bridgehead atoms. The third-order valence-corrected chi connectivity index (χ3v) is 4.82. The van der Waals surface area contributed by atoms with Crippen molar-refractivity contribution in [2.45, 2.75) is 58.3 Å². The van der Waals surface area contributed by atoms with Crippen LogP contribution in [0.25, 0.3) is 0 Å². The smallest absolute Gasteiger partial charge is 0.0671 e. The molecule has 1 fully saturated rings. The van der Waals surface area contributed by atoms with Crippen LogP contribution < -0.4 is 5.32 Å². The summed E-state index contributed by atoms with van der Waals surface area (Å²) in [6.45, 7) is 9.00. The molecule has 1 aromatic carbocycles. The molecule has 0 saturated carbocycles. The van der Waals surface area contributed by atoms with Crippen LogP contribution in [0.5, 0.6) is 0 Å². The molecule has 4 unspecified atom stereocenters. The van der Waals surface area contributed by atoms with Crippen molar-refractivity contribution in [3.8, 4) is 0 Å². The lowest BCUT2D eigenvalue weighted by Crippen LogP contribution is -2.28. The molecule has 0 amide bonds. The van der Waals surface area contributed by atoms with Gasteiger partial charge in [0, 0.05) is 12.5 Å². The lowest BCUT2D eigenvalue weighted by molar-refractivity contribution is 0.0314. The number of fused-ring (bicyclic) bond motifs is 1. The standard InChI is InChI=1S/C17H25NO/c1-11-9-12(2)19-17(11)13(3)15-6-4-5-14-7-8-18-10-16(14)15/h4-6,11-13,17-18H,7-10H2,1-3H3. The quantitative estimate of drug-likeness (QED) is 0.880. The van der Waals surface area contributed by atoms with E-state index in [0.29, 0.717) is 24.0 Å². The Morgan fingerprint density at radius 2 is 2.16 bits per heavy atom. The van der Waals surface area contributed by atoms with Crippen LogP contribution >= 0.6 is 0 Å². The van der Waals surface area contributed by atoms with E-state index in [2.05, 4.69) is 44.3 Å². The Kier molecular flexibility index (Phi) is 3.64. The average molecular weight is 259 g/mol. The predicted molar refractivity (Wildman–Crippen MR) is 78.4 cm³/mol. The first-order valence-electron chi connectivity index (χ1n) is 7.63. The van der Waals surface area contributed by atoms with Gasteiger partial charge in [-0.3, -0.25) is 0 Å². The SMILES string of the molecule is CC1CC(C)C(C(C)c2cccc3c2CNCC3)O1. The summed E-state index contributed by atoms with van der Waals surface area (Å²) >= 11 is 0. The average Bonchev–Trinajstić information content (AvgIpc) is 2.76. The highest BCUT2D eigenvalue weighted by atomic mass is 16.5. The van der Waals surface area contributed by atoms with Gasteiger partial charge in [-0.15, -0.1) is 0 Å². The van der Waals surface area contributed by atoms with Crippen molar-refractivity contribution >= 4 is 0 Å². The zero-order valence-electron chi connectivity index (χ0n) is 12.3. The zero-order chi connectivity index (χ0) is 13.4. The molecular weight excluding hydrogens is 234 g/mol. The summed E-state index contributed by atoms with van der Waals surface area (Å²) in [4.78, 5) is 0. The van der Waals surface area contributed by atoms with Gasteiger partial charge in [-0.1, -0.05) is 32.0 Å². The molecule has 2 nitrogen and oxygen atoms in total. The minimum Gasteiger partial charge on any atom is -0.374 e. The van der Waals surface area contributed by atoms with Crippen molar-refractivity contribution in [1.29, 1.82) is 0 Å². The van der Waals surface area contributed by atoms with Gasteiger partial charge in [0.2, 0.25) is 0 Å². The number of ether oxygens (including phenoxy) is 1. The molecule has 1 aromatic rings. The van der Waals surface area contributed by atoms with Gasteiger partial charge >= 0.3 is 0 Å². The maximum Gasteiger partial charge on any atom is 0.0671 e. The molecule has 4 atom stereocenters. The van der Waals surface area contributed by atoms with E-state index in [9.17, 15) is 0 Å². The zero-order valence-corrected chi connectivity index (χ0v) is 12.3. The van der Waals surface area contributed by atoms with E-state index in [-0.39, 0.29) is 0 Å². The second kappa shape index (κ2) is 5.26. The summed E-state index contributed by atoms with van der Waals surface area (Å²) < 4.78 is 6.16. The van der Waals surface area contributed by atoms with Crippen LogP contribution in [-0.2, 0) is 17.7 Å². The predicted octanol–water partition coefficient (Wildman–Crippen LogP) is 3.25. The van der Waals surface area contributed by atoms with Crippen molar-refractivity contribution in [2.24, 2.45) is 5.92 Å². The fourth-order valence-corrected chi connectivity index (χ4v) is 3.87. The van der Waals surface area contributed by atoms with Gasteiger partial charge in [-0.05, 0) is 48.9 Å². The summed E-state index contributed by atoms with van der Waals surface area (Å²) in [6.07, 6.45) is 3.15. The topological polar surface area (TPSA) is 21.3 Å². The van der Waals surface area contributed by atoms with Gasteiger partial charge in [-0.2, -0.15) is 0 Å². The third-order valence-electron chi connectivity index (χ3n) is 4.82. The van der Waals surface area contributed by atoms with Crippen LogP contribution in [0.1, 0.15) is 49.8 Å². The van der Waals surface area contributed by atoms with Crippen LogP contribution in [0.2, 0.25) is 0 Å². The molecule has 0 spiro atoms. The molecule has 0 aromatic heterocycles. The van der Waals surface area contributed by atoms with E-state index < -0.39 is 0 Å². The van der Waals surface area contributed by atoms with Crippen molar-refractivity contribution < 1.29 is 4.74 Å². The highest BCUT2D eigenvalue weighted by molar-refractivity contribution is 5.39. The Morgan fingerprint density at radius 1 is 1.32 bits per heavy atom. The van der Waals surface area contributed by atoms with Crippen molar-refractivity contribution in [3.63, 3.8) is 0 Å². The van der Waals surface area contributed by atoms with Crippen molar-refractivity contribution in [1.82, 2.24) is 5.32 Å². The number of benzene rings is 1. The van der Waals surface area contributed by atoms with E-state index in [4.69, 9.17) is 4.74 Å². The van der Waals surface area contributed by atoms with Crippen LogP contribution in [0.3, 0.4) is 0 Å². The van der Waals surface area contributed by atoms with Crippen LogP contribution in [0.4, 0.5) is 0 Å². The summed E-state index contributed by atoms with van der Waals surface area (Å²) in [5, 5.41) is 3.51. The normalized spacial score (nSPS) is 32.1. The van der Waals surface area contributed by atoms with Gasteiger partial charge in [0.25, 0.3) is 0 Å². The number of hydrogen-bond donors (Lipinski definition) is 1. The summed E-state index contributed by atoms with van der Waals surface area (Å²) in [6, 6.07) is 6.81. The van der Waals surface area contributed by atoms with Crippen molar-refractivity contribution in [2.75, 3.05) is 6.54 Å². The molecule has 2 heteroatoms. The molecule has 1 saturated heterocycles. The fraction of sp³-hybridized carbons (Fsp3) is 0.647. The molecule has 2 aliphatic rings. The lowest BCUT2D eigenvalue weighted by Gasteiger charge is -2.28. The van der Waals surface area contributed by atoms with Gasteiger partial charge in [0.1, 0.15) is 0 Å².